The number of hydrogen-bond donors (Lipinski definition) is 1. The summed E-state index contributed by atoms with van der Waals surface area (Å²) in [5.74, 6) is -0.172. The predicted octanol–water partition coefficient (Wildman–Crippen LogP) is 2.91. The summed E-state index contributed by atoms with van der Waals surface area (Å²) in [6, 6.07) is 0. The Morgan fingerprint density at radius 1 is 1.54 bits per heavy atom. The van der Waals surface area contributed by atoms with Crippen molar-refractivity contribution >= 4 is 21.9 Å². The third-order valence-corrected chi connectivity index (χ3v) is 4.88. The lowest BCUT2D eigenvalue weighted by atomic mass is 9.66. The lowest BCUT2D eigenvalue weighted by molar-refractivity contribution is -0.154. The number of aliphatic carboxylic acids is 1. The van der Waals surface area contributed by atoms with Crippen LogP contribution in [0.4, 0.5) is 0 Å². The molecule has 2 nitrogen and oxygen atoms in total. The smallest absolute Gasteiger partial charge is 0.309 e. The number of alkyl halides is 1. The van der Waals surface area contributed by atoms with Gasteiger partial charge in [-0.05, 0) is 31.1 Å². The minimum atomic E-state index is -0.652. The van der Waals surface area contributed by atoms with Crippen LogP contribution >= 0.6 is 15.9 Å². The van der Waals surface area contributed by atoms with Gasteiger partial charge in [-0.25, -0.2) is 0 Å². The Bertz CT molecular complexity index is 225. The van der Waals surface area contributed by atoms with Crippen molar-refractivity contribution in [2.24, 2.45) is 16.7 Å². The SMILES string of the molecule is CC1(C(=O)O)CCC(CBr)C1(C)C. The highest BCUT2D eigenvalue weighted by atomic mass is 79.9. The van der Waals surface area contributed by atoms with Crippen LogP contribution in [0, 0.1) is 16.7 Å². The van der Waals surface area contributed by atoms with E-state index >= 15 is 0 Å². The van der Waals surface area contributed by atoms with Crippen LogP contribution in [0.25, 0.3) is 0 Å². The Kier molecular flexibility index (Phi) is 2.77. The Morgan fingerprint density at radius 2 is 2.08 bits per heavy atom. The molecule has 1 saturated carbocycles. The largest absolute Gasteiger partial charge is 0.481 e. The molecule has 1 N–H and O–H groups in total. The van der Waals surface area contributed by atoms with E-state index in [9.17, 15) is 9.90 Å². The summed E-state index contributed by atoms with van der Waals surface area (Å²) < 4.78 is 0. The maximum atomic E-state index is 11.2. The average Bonchev–Trinajstić information content (AvgIpc) is 2.25. The molecule has 2 atom stereocenters. The van der Waals surface area contributed by atoms with Gasteiger partial charge >= 0.3 is 5.97 Å². The highest BCUT2D eigenvalue weighted by Gasteiger charge is 2.55. The van der Waals surface area contributed by atoms with Gasteiger partial charge in [0.25, 0.3) is 0 Å². The highest BCUT2D eigenvalue weighted by Crippen LogP contribution is 2.56. The molecule has 1 rings (SSSR count). The van der Waals surface area contributed by atoms with Crippen molar-refractivity contribution in [3.8, 4) is 0 Å². The van der Waals surface area contributed by atoms with Gasteiger partial charge in [-0.1, -0.05) is 29.8 Å². The fourth-order valence-corrected chi connectivity index (χ4v) is 3.38. The predicted molar refractivity (Wildman–Crippen MR) is 56.0 cm³/mol. The normalized spacial score (nSPS) is 37.7. The summed E-state index contributed by atoms with van der Waals surface area (Å²) in [6.45, 7) is 6.01. The van der Waals surface area contributed by atoms with E-state index in [1.807, 2.05) is 6.92 Å². The van der Waals surface area contributed by atoms with Gasteiger partial charge in [-0.15, -0.1) is 0 Å². The second kappa shape index (κ2) is 3.26. The fraction of sp³-hybridized carbons (Fsp3) is 0.900. The van der Waals surface area contributed by atoms with E-state index in [4.69, 9.17) is 0 Å². The molecular formula is C10H17BrO2. The molecule has 2 unspecified atom stereocenters. The Labute approximate surface area is 87.8 Å². The Hall–Kier alpha value is -0.0500. The third-order valence-electron chi connectivity index (χ3n) is 4.09. The summed E-state index contributed by atoms with van der Waals surface area (Å²) in [5, 5.41) is 10.1. The molecule has 0 aromatic rings. The van der Waals surface area contributed by atoms with Gasteiger partial charge in [0.2, 0.25) is 0 Å². The van der Waals surface area contributed by atoms with Crippen molar-refractivity contribution in [1.29, 1.82) is 0 Å². The highest BCUT2D eigenvalue weighted by molar-refractivity contribution is 9.09. The molecule has 0 aliphatic heterocycles. The molecule has 3 heteroatoms. The Morgan fingerprint density at radius 3 is 2.31 bits per heavy atom. The summed E-state index contributed by atoms with van der Waals surface area (Å²) in [4.78, 5) is 11.2. The third kappa shape index (κ3) is 1.41. The van der Waals surface area contributed by atoms with E-state index in [2.05, 4.69) is 29.8 Å². The molecule has 0 aromatic heterocycles. The van der Waals surface area contributed by atoms with Crippen LogP contribution in [-0.2, 0) is 4.79 Å². The second-order valence-corrected chi connectivity index (χ2v) is 5.40. The number of carboxylic acids is 1. The van der Waals surface area contributed by atoms with Crippen molar-refractivity contribution in [1.82, 2.24) is 0 Å². The number of hydrogen-bond acceptors (Lipinski definition) is 1. The Balaban J connectivity index is 2.99. The van der Waals surface area contributed by atoms with Crippen LogP contribution in [0.1, 0.15) is 33.6 Å². The summed E-state index contributed by atoms with van der Waals surface area (Å²) in [5.41, 5.74) is -0.659. The molecule has 1 aliphatic carbocycles. The zero-order valence-corrected chi connectivity index (χ0v) is 10.0. The molecule has 13 heavy (non-hydrogen) atoms. The van der Waals surface area contributed by atoms with Crippen LogP contribution in [0.3, 0.4) is 0 Å². The lowest BCUT2D eigenvalue weighted by Crippen LogP contribution is -2.40. The van der Waals surface area contributed by atoms with Gasteiger partial charge < -0.3 is 5.11 Å². The number of carbonyl (C=O) groups is 1. The standard InChI is InChI=1S/C10H17BrO2/c1-9(2)7(6-11)4-5-10(9,3)8(12)13/h7H,4-6H2,1-3H3,(H,12,13). The quantitative estimate of drug-likeness (QED) is 0.764. The van der Waals surface area contributed by atoms with E-state index in [1.54, 1.807) is 0 Å². The summed E-state index contributed by atoms with van der Waals surface area (Å²) in [6.07, 6.45) is 1.81. The van der Waals surface area contributed by atoms with Crippen LogP contribution in [0.5, 0.6) is 0 Å². The minimum absolute atomic E-state index is 0.109. The summed E-state index contributed by atoms with van der Waals surface area (Å²) in [7, 11) is 0. The van der Waals surface area contributed by atoms with Gasteiger partial charge in [0.05, 0.1) is 5.41 Å². The van der Waals surface area contributed by atoms with Gasteiger partial charge in [-0.2, -0.15) is 0 Å². The number of carboxylic acid groups (broad SMARTS) is 1. The van der Waals surface area contributed by atoms with Crippen molar-refractivity contribution in [2.75, 3.05) is 5.33 Å². The molecule has 0 spiro atoms. The van der Waals surface area contributed by atoms with E-state index in [1.165, 1.54) is 0 Å². The molecule has 0 aromatic carbocycles. The molecule has 1 fully saturated rings. The molecule has 0 saturated heterocycles. The maximum absolute atomic E-state index is 11.2. The zero-order chi connectivity index (χ0) is 10.3. The molecule has 0 bridgehead atoms. The van der Waals surface area contributed by atoms with E-state index in [0.717, 1.165) is 18.2 Å². The van der Waals surface area contributed by atoms with Crippen molar-refractivity contribution in [3.05, 3.63) is 0 Å². The van der Waals surface area contributed by atoms with Crippen molar-refractivity contribution in [3.63, 3.8) is 0 Å². The topological polar surface area (TPSA) is 37.3 Å². The van der Waals surface area contributed by atoms with Gasteiger partial charge in [0, 0.05) is 5.33 Å². The first-order valence-corrected chi connectivity index (χ1v) is 5.78. The number of rotatable bonds is 2. The van der Waals surface area contributed by atoms with Gasteiger partial charge in [0.1, 0.15) is 0 Å². The van der Waals surface area contributed by atoms with E-state index < -0.39 is 11.4 Å². The molecule has 0 heterocycles. The maximum Gasteiger partial charge on any atom is 0.309 e. The van der Waals surface area contributed by atoms with Gasteiger partial charge in [0.15, 0.2) is 0 Å². The first-order valence-electron chi connectivity index (χ1n) is 4.65. The summed E-state index contributed by atoms with van der Waals surface area (Å²) >= 11 is 3.46. The van der Waals surface area contributed by atoms with Crippen LogP contribution in [0.15, 0.2) is 0 Å². The molecule has 76 valence electrons. The van der Waals surface area contributed by atoms with Crippen LogP contribution in [-0.4, -0.2) is 16.4 Å². The van der Waals surface area contributed by atoms with E-state index in [-0.39, 0.29) is 5.41 Å². The average molecular weight is 249 g/mol. The van der Waals surface area contributed by atoms with E-state index in [0.29, 0.717) is 5.92 Å². The van der Waals surface area contributed by atoms with Crippen LogP contribution in [0.2, 0.25) is 0 Å². The van der Waals surface area contributed by atoms with Gasteiger partial charge in [-0.3, -0.25) is 4.79 Å². The molecule has 0 amide bonds. The monoisotopic (exact) mass is 248 g/mol. The first kappa shape index (κ1) is 11.0. The fourth-order valence-electron chi connectivity index (χ4n) is 2.25. The molecular weight excluding hydrogens is 232 g/mol. The first-order chi connectivity index (χ1) is 5.86. The lowest BCUT2D eigenvalue weighted by Gasteiger charge is -2.37. The minimum Gasteiger partial charge on any atom is -0.481 e. The second-order valence-electron chi connectivity index (χ2n) is 4.75. The molecule has 0 radical (unpaired) electrons. The zero-order valence-electron chi connectivity index (χ0n) is 8.43. The van der Waals surface area contributed by atoms with Crippen molar-refractivity contribution in [2.45, 2.75) is 33.6 Å². The number of halogens is 1. The van der Waals surface area contributed by atoms with Crippen molar-refractivity contribution < 1.29 is 9.90 Å². The molecule has 1 aliphatic rings. The van der Waals surface area contributed by atoms with Crippen LogP contribution < -0.4 is 0 Å².